The average Bonchev–Trinajstić information content (AvgIpc) is 3.71. The molecule has 0 fully saturated rings. The number of hydrogen-bond acceptors (Lipinski definition) is 8. The maximum absolute atomic E-state index is 14.1. The zero-order valence-electron chi connectivity index (χ0n) is 27.0. The van der Waals surface area contributed by atoms with E-state index in [1.807, 2.05) is 38.1 Å². The minimum Gasteiger partial charge on any atom is -0.481 e. The summed E-state index contributed by atoms with van der Waals surface area (Å²) in [6.45, 7) is 2.89. The number of aromatic amines is 1. The van der Waals surface area contributed by atoms with Crippen LogP contribution in [0.25, 0.3) is 10.9 Å². The van der Waals surface area contributed by atoms with Crippen LogP contribution < -0.4 is 16.1 Å². The lowest BCUT2D eigenvalue weighted by atomic mass is 9.90. The van der Waals surface area contributed by atoms with E-state index < -0.39 is 54.3 Å². The molecule has 1 aliphatic heterocycles. The number of esters is 1. The Balaban J connectivity index is 1.38. The van der Waals surface area contributed by atoms with Gasteiger partial charge in [-0.05, 0) is 41.8 Å². The first-order chi connectivity index (χ1) is 23.9. The summed E-state index contributed by atoms with van der Waals surface area (Å²) in [6.07, 6.45) is 0.688. The summed E-state index contributed by atoms with van der Waals surface area (Å²) in [4.78, 5) is 74.2. The van der Waals surface area contributed by atoms with Crippen LogP contribution in [-0.2, 0) is 30.4 Å². The normalized spacial score (nSPS) is 16.6. The highest BCUT2D eigenvalue weighted by Gasteiger charge is 2.46. The van der Waals surface area contributed by atoms with E-state index in [0.29, 0.717) is 17.0 Å². The van der Waals surface area contributed by atoms with Crippen molar-refractivity contribution in [3.8, 4) is 0 Å². The molecule has 0 aliphatic carbocycles. The molecule has 1 aromatic heterocycles. The lowest BCUT2D eigenvalue weighted by Crippen LogP contribution is -2.54. The number of benzene rings is 3. The van der Waals surface area contributed by atoms with E-state index in [0.717, 1.165) is 10.9 Å². The number of ketones is 1. The summed E-state index contributed by atoms with van der Waals surface area (Å²) in [5, 5.41) is 16.0. The van der Waals surface area contributed by atoms with E-state index in [4.69, 9.17) is 32.8 Å². The largest absolute Gasteiger partial charge is 0.481 e. The molecule has 3 aromatic carbocycles. The summed E-state index contributed by atoms with van der Waals surface area (Å²) in [5.74, 6) is -4.68. The number of carboxylic acid groups (broad SMARTS) is 1. The average molecular weight is 722 g/mol. The van der Waals surface area contributed by atoms with E-state index in [9.17, 15) is 29.1 Å². The van der Waals surface area contributed by atoms with Crippen molar-refractivity contribution in [1.29, 1.82) is 0 Å². The van der Waals surface area contributed by atoms with Crippen LogP contribution in [-0.4, -0.2) is 63.9 Å². The Morgan fingerprint density at radius 1 is 0.920 bits per heavy atom. The summed E-state index contributed by atoms with van der Waals surface area (Å²) in [5.41, 5.74) is 3.07. The number of H-pyrrole nitrogens is 1. The van der Waals surface area contributed by atoms with E-state index >= 15 is 0 Å². The fourth-order valence-corrected chi connectivity index (χ4v) is 6.06. The lowest BCUT2D eigenvalue weighted by Gasteiger charge is -2.27. The number of fused-ring (bicyclic) bond motifs is 1. The zero-order valence-corrected chi connectivity index (χ0v) is 28.5. The van der Waals surface area contributed by atoms with E-state index in [1.165, 1.54) is 24.3 Å². The molecule has 5 rings (SSSR count). The van der Waals surface area contributed by atoms with E-state index in [1.54, 1.807) is 36.4 Å². The number of hydroxylamine groups is 1. The van der Waals surface area contributed by atoms with Gasteiger partial charge in [0.25, 0.3) is 11.8 Å². The van der Waals surface area contributed by atoms with Gasteiger partial charge in [-0.2, -0.15) is 0 Å². The monoisotopic (exact) mass is 720 g/mol. The predicted molar refractivity (Wildman–Crippen MR) is 186 cm³/mol. The Labute approximate surface area is 297 Å². The third-order valence-corrected chi connectivity index (χ3v) is 8.71. The number of para-hydroxylation sites is 1. The number of hydrogen-bond donors (Lipinski definition) is 5. The molecular weight excluding hydrogens is 687 g/mol. The van der Waals surface area contributed by atoms with Gasteiger partial charge in [-0.15, -0.1) is 0 Å². The molecule has 5 N–H and O–H groups in total. The fraction of sp³-hybridized carbons (Fsp3) is 0.250. The van der Waals surface area contributed by atoms with Gasteiger partial charge >= 0.3 is 11.9 Å². The predicted octanol–water partition coefficient (Wildman–Crippen LogP) is 5.01. The van der Waals surface area contributed by atoms with Gasteiger partial charge in [0.05, 0.1) is 33.8 Å². The Morgan fingerprint density at radius 3 is 2.26 bits per heavy atom. The highest BCUT2D eigenvalue weighted by atomic mass is 35.5. The molecule has 2 heterocycles. The molecule has 260 valence electrons. The summed E-state index contributed by atoms with van der Waals surface area (Å²) in [7, 11) is 0. The molecule has 0 radical (unpaired) electrons. The van der Waals surface area contributed by atoms with Crippen LogP contribution in [0.5, 0.6) is 0 Å². The highest BCUT2D eigenvalue weighted by Crippen LogP contribution is 2.30. The maximum atomic E-state index is 14.1. The number of carbonyl (C=O) groups is 5. The van der Waals surface area contributed by atoms with Crippen molar-refractivity contribution >= 4 is 63.6 Å². The molecule has 0 saturated carbocycles. The first kappa shape index (κ1) is 36.1. The van der Waals surface area contributed by atoms with Crippen LogP contribution in [0.4, 0.5) is 0 Å². The molecule has 0 bridgehead atoms. The molecular formula is C36H34Cl2N4O8. The Hall–Kier alpha value is -5.17. The second-order valence-electron chi connectivity index (χ2n) is 12.1. The SMILES string of the molecule is CC(C)[C@H](NC(=O)c1cc2ccccc2[nH]1)C1=CC(Cc2ccccc2)(C(=O)N[C@@H](CC(=O)O)C(=O)COC(=O)c2c(Cl)cccc2Cl)ON1. The highest BCUT2D eigenvalue weighted by molar-refractivity contribution is 6.39. The van der Waals surface area contributed by atoms with Gasteiger partial charge in [-0.3, -0.25) is 29.5 Å². The van der Waals surface area contributed by atoms with Crippen LogP contribution in [0.15, 0.2) is 90.6 Å². The van der Waals surface area contributed by atoms with Crippen molar-refractivity contribution in [2.75, 3.05) is 6.61 Å². The number of halogens is 2. The molecule has 14 heteroatoms. The number of aromatic nitrogens is 1. The van der Waals surface area contributed by atoms with Gasteiger partial charge in [0.2, 0.25) is 0 Å². The molecule has 1 unspecified atom stereocenters. The first-order valence-corrected chi connectivity index (χ1v) is 16.4. The number of carbonyl (C=O) groups excluding carboxylic acids is 4. The second kappa shape index (κ2) is 15.6. The Bertz CT molecular complexity index is 1910. The van der Waals surface area contributed by atoms with Crippen LogP contribution in [0.3, 0.4) is 0 Å². The summed E-state index contributed by atoms with van der Waals surface area (Å²) in [6, 6.07) is 20.2. The van der Waals surface area contributed by atoms with Crippen LogP contribution >= 0.6 is 23.2 Å². The number of aliphatic carboxylic acids is 1. The standard InChI is InChI=1S/C36H34Cl2N4O8/c1-20(2)32(41-33(46)27-15-22-11-6-7-14-25(22)39-27)28-18-36(50-42-28,17-21-9-4-3-5-10-21)35(48)40-26(16-30(44)45)29(43)19-49-34(47)31-23(37)12-8-13-24(31)38/h3-15,18,20,26,32,39,42H,16-17,19H2,1-2H3,(H,40,48)(H,41,46)(H,44,45)/t26-,32-,36?/m0/s1. The van der Waals surface area contributed by atoms with Gasteiger partial charge in [0.15, 0.2) is 18.0 Å². The maximum Gasteiger partial charge on any atom is 0.341 e. The van der Waals surface area contributed by atoms with Crippen molar-refractivity contribution in [1.82, 2.24) is 21.1 Å². The molecule has 3 atom stereocenters. The number of nitrogens with one attached hydrogen (secondary N) is 4. The molecule has 2 amide bonds. The van der Waals surface area contributed by atoms with Gasteiger partial charge in [0, 0.05) is 17.3 Å². The number of ether oxygens (including phenoxy) is 1. The van der Waals surface area contributed by atoms with Crippen LogP contribution in [0, 0.1) is 5.92 Å². The van der Waals surface area contributed by atoms with Gasteiger partial charge < -0.3 is 25.5 Å². The Morgan fingerprint density at radius 2 is 1.60 bits per heavy atom. The molecule has 12 nitrogen and oxygen atoms in total. The van der Waals surface area contributed by atoms with E-state index in [-0.39, 0.29) is 33.9 Å². The van der Waals surface area contributed by atoms with Crippen LogP contribution in [0.2, 0.25) is 10.0 Å². The summed E-state index contributed by atoms with van der Waals surface area (Å²) < 4.78 is 5.11. The molecule has 1 aliphatic rings. The lowest BCUT2D eigenvalue weighted by molar-refractivity contribution is -0.148. The molecule has 50 heavy (non-hydrogen) atoms. The van der Waals surface area contributed by atoms with Crippen molar-refractivity contribution in [2.45, 2.75) is 44.4 Å². The number of amides is 2. The van der Waals surface area contributed by atoms with Gasteiger partial charge in [-0.1, -0.05) is 91.6 Å². The number of Topliss-reactive ketones (excluding diaryl/α,β-unsaturated/α-hetero) is 1. The van der Waals surface area contributed by atoms with Crippen molar-refractivity contribution in [3.05, 3.63) is 118 Å². The minimum atomic E-state index is -1.78. The fourth-order valence-electron chi connectivity index (χ4n) is 5.51. The molecule has 0 spiro atoms. The topological polar surface area (TPSA) is 176 Å². The van der Waals surface area contributed by atoms with Crippen LogP contribution in [0.1, 0.15) is 46.7 Å². The van der Waals surface area contributed by atoms with Crippen molar-refractivity contribution < 1.29 is 38.7 Å². The molecule has 0 saturated heterocycles. The summed E-state index contributed by atoms with van der Waals surface area (Å²) >= 11 is 12.1. The molecule has 4 aromatic rings. The number of rotatable bonds is 14. The zero-order chi connectivity index (χ0) is 36.0. The quantitative estimate of drug-likeness (QED) is 0.112. The van der Waals surface area contributed by atoms with E-state index in [2.05, 4.69) is 21.1 Å². The third kappa shape index (κ3) is 8.33. The van der Waals surface area contributed by atoms with Gasteiger partial charge in [-0.25, -0.2) is 4.79 Å². The van der Waals surface area contributed by atoms with Crippen molar-refractivity contribution in [3.63, 3.8) is 0 Å². The third-order valence-electron chi connectivity index (χ3n) is 8.08. The van der Waals surface area contributed by atoms with Gasteiger partial charge in [0.1, 0.15) is 11.7 Å². The first-order valence-electron chi connectivity index (χ1n) is 15.6. The van der Waals surface area contributed by atoms with Crippen molar-refractivity contribution in [2.24, 2.45) is 5.92 Å². The second-order valence-corrected chi connectivity index (χ2v) is 12.9. The smallest absolute Gasteiger partial charge is 0.341 e. The Kier molecular flexibility index (Phi) is 11.3. The number of carboxylic acids is 1. The minimum absolute atomic E-state index is 0.00104.